The summed E-state index contributed by atoms with van der Waals surface area (Å²) in [6.45, 7) is 7.56. The first-order valence-corrected chi connectivity index (χ1v) is 8.37. The minimum Gasteiger partial charge on any atom is -0.354 e. The van der Waals surface area contributed by atoms with Crippen LogP contribution >= 0.6 is 12.4 Å². The van der Waals surface area contributed by atoms with Crippen LogP contribution in [0.1, 0.15) is 42.4 Å². The molecule has 1 aliphatic heterocycles. The summed E-state index contributed by atoms with van der Waals surface area (Å²) in [6.07, 6.45) is 4.08. The number of nitrogens with two attached hydrogens (primary N) is 1. The van der Waals surface area contributed by atoms with Crippen molar-refractivity contribution in [2.24, 2.45) is 5.73 Å². The number of likely N-dealkylation sites (tertiary alicyclic amines) is 1. The van der Waals surface area contributed by atoms with Crippen molar-refractivity contribution in [2.45, 2.75) is 52.1 Å². The van der Waals surface area contributed by atoms with Gasteiger partial charge in [0.2, 0.25) is 5.91 Å². The average Bonchev–Trinajstić information content (AvgIpc) is 2.50. The molecule has 0 bridgehead atoms. The highest BCUT2D eigenvalue weighted by molar-refractivity contribution is 5.85. The number of rotatable bonds is 6. The quantitative estimate of drug-likeness (QED) is 0.837. The van der Waals surface area contributed by atoms with Crippen molar-refractivity contribution < 1.29 is 4.79 Å². The molecule has 5 heteroatoms. The summed E-state index contributed by atoms with van der Waals surface area (Å²) >= 11 is 0. The smallest absolute Gasteiger partial charge is 0.221 e. The molecule has 1 aromatic rings. The van der Waals surface area contributed by atoms with Gasteiger partial charge in [0.05, 0.1) is 0 Å². The number of carbonyl (C=O) groups excluding carboxylic acids is 1. The van der Waals surface area contributed by atoms with Crippen molar-refractivity contribution in [2.75, 3.05) is 19.6 Å². The first kappa shape index (κ1) is 19.9. The van der Waals surface area contributed by atoms with Crippen LogP contribution in [-0.4, -0.2) is 36.5 Å². The zero-order valence-electron chi connectivity index (χ0n) is 14.3. The third-order valence-electron chi connectivity index (χ3n) is 4.61. The largest absolute Gasteiger partial charge is 0.354 e. The van der Waals surface area contributed by atoms with Crippen LogP contribution in [0, 0.1) is 13.8 Å². The lowest BCUT2D eigenvalue weighted by Crippen LogP contribution is -2.46. The van der Waals surface area contributed by atoms with Crippen LogP contribution in [0.2, 0.25) is 0 Å². The van der Waals surface area contributed by atoms with Crippen LogP contribution in [0.3, 0.4) is 0 Å². The number of nitrogens with one attached hydrogen (secondary N) is 1. The molecule has 23 heavy (non-hydrogen) atoms. The Balaban J connectivity index is 0.00000264. The highest BCUT2D eigenvalue weighted by Crippen LogP contribution is 2.20. The van der Waals surface area contributed by atoms with Gasteiger partial charge in [0.1, 0.15) is 0 Å². The van der Waals surface area contributed by atoms with E-state index < -0.39 is 0 Å². The molecule has 1 aliphatic rings. The Hall–Kier alpha value is -1.10. The standard InChI is InChI=1S/C18H29N3O.ClH/c1-14-6-7-16(11-15(14)2)13-21-10-4-3-5-17(21)12-20-18(22)8-9-19;/h6-7,11,17H,3-5,8-10,12-13,19H2,1-2H3,(H,20,22);1H. The Labute approximate surface area is 146 Å². The fourth-order valence-corrected chi connectivity index (χ4v) is 3.09. The van der Waals surface area contributed by atoms with E-state index in [4.69, 9.17) is 5.73 Å². The van der Waals surface area contributed by atoms with E-state index in [0.717, 1.165) is 26.1 Å². The van der Waals surface area contributed by atoms with Crippen molar-refractivity contribution in [1.82, 2.24) is 10.2 Å². The number of aryl methyl sites for hydroxylation is 2. The maximum Gasteiger partial charge on any atom is 0.221 e. The summed E-state index contributed by atoms with van der Waals surface area (Å²) in [4.78, 5) is 14.1. The van der Waals surface area contributed by atoms with Gasteiger partial charge in [0.15, 0.2) is 0 Å². The second-order valence-corrected chi connectivity index (χ2v) is 6.38. The molecular formula is C18H30ClN3O. The highest BCUT2D eigenvalue weighted by Gasteiger charge is 2.22. The van der Waals surface area contributed by atoms with E-state index in [1.807, 2.05) is 0 Å². The zero-order chi connectivity index (χ0) is 15.9. The Bertz CT molecular complexity index is 507. The Morgan fingerprint density at radius 1 is 1.30 bits per heavy atom. The molecule has 0 saturated carbocycles. The van der Waals surface area contributed by atoms with Crippen LogP contribution in [0.5, 0.6) is 0 Å². The zero-order valence-corrected chi connectivity index (χ0v) is 15.1. The molecule has 1 atom stereocenters. The molecule has 1 aromatic carbocycles. The summed E-state index contributed by atoms with van der Waals surface area (Å²) in [5.74, 6) is 0.0687. The van der Waals surface area contributed by atoms with Crippen molar-refractivity contribution in [1.29, 1.82) is 0 Å². The number of piperidine rings is 1. The van der Waals surface area contributed by atoms with E-state index in [9.17, 15) is 4.79 Å². The molecule has 1 fully saturated rings. The summed E-state index contributed by atoms with van der Waals surface area (Å²) < 4.78 is 0. The predicted octanol–water partition coefficient (Wildman–Crippen LogP) is 2.54. The molecule has 0 aliphatic carbocycles. The van der Waals surface area contributed by atoms with E-state index in [1.54, 1.807) is 0 Å². The molecule has 130 valence electrons. The molecule has 3 N–H and O–H groups in total. The minimum absolute atomic E-state index is 0. The summed E-state index contributed by atoms with van der Waals surface area (Å²) in [5.41, 5.74) is 9.48. The third kappa shape index (κ3) is 6.13. The second-order valence-electron chi connectivity index (χ2n) is 6.38. The molecule has 0 radical (unpaired) electrons. The lowest BCUT2D eigenvalue weighted by Gasteiger charge is -2.36. The van der Waals surface area contributed by atoms with E-state index in [-0.39, 0.29) is 18.3 Å². The monoisotopic (exact) mass is 339 g/mol. The van der Waals surface area contributed by atoms with E-state index >= 15 is 0 Å². The Morgan fingerprint density at radius 2 is 2.09 bits per heavy atom. The fraction of sp³-hybridized carbons (Fsp3) is 0.611. The lowest BCUT2D eigenvalue weighted by molar-refractivity contribution is -0.121. The van der Waals surface area contributed by atoms with Crippen molar-refractivity contribution >= 4 is 18.3 Å². The van der Waals surface area contributed by atoms with Gasteiger partial charge in [-0.25, -0.2) is 0 Å². The lowest BCUT2D eigenvalue weighted by atomic mass is 10.00. The normalized spacial score (nSPS) is 18.3. The number of nitrogens with zero attached hydrogens (tertiary/aromatic N) is 1. The van der Waals surface area contributed by atoms with Gasteiger partial charge >= 0.3 is 0 Å². The number of amides is 1. The second kappa shape index (κ2) is 9.91. The van der Waals surface area contributed by atoms with Crippen LogP contribution in [0.25, 0.3) is 0 Å². The molecule has 0 spiro atoms. The van der Waals surface area contributed by atoms with Crippen molar-refractivity contribution in [3.05, 3.63) is 34.9 Å². The molecule has 1 saturated heterocycles. The Morgan fingerprint density at radius 3 is 2.78 bits per heavy atom. The third-order valence-corrected chi connectivity index (χ3v) is 4.61. The molecule has 2 rings (SSSR count). The van der Waals surface area contributed by atoms with Gasteiger partial charge in [-0.15, -0.1) is 12.4 Å². The molecule has 0 aromatic heterocycles. The predicted molar refractivity (Wildman–Crippen MR) is 97.9 cm³/mol. The minimum atomic E-state index is 0. The van der Waals surface area contributed by atoms with E-state index in [1.165, 1.54) is 29.5 Å². The van der Waals surface area contributed by atoms with Gasteiger partial charge in [-0.05, 0) is 49.9 Å². The summed E-state index contributed by atoms with van der Waals surface area (Å²) in [5, 5.41) is 3.03. The molecule has 1 amide bonds. The maximum absolute atomic E-state index is 11.6. The average molecular weight is 340 g/mol. The molecular weight excluding hydrogens is 310 g/mol. The van der Waals surface area contributed by atoms with Crippen LogP contribution in [0.15, 0.2) is 18.2 Å². The summed E-state index contributed by atoms with van der Waals surface area (Å²) in [7, 11) is 0. The SMILES string of the molecule is Cc1ccc(CN2CCCCC2CNC(=O)CCN)cc1C.Cl. The van der Waals surface area contributed by atoms with Gasteiger partial charge < -0.3 is 11.1 Å². The van der Waals surface area contributed by atoms with E-state index in [2.05, 4.69) is 42.3 Å². The van der Waals surface area contributed by atoms with Crippen molar-refractivity contribution in [3.8, 4) is 0 Å². The number of halogens is 1. The van der Waals surface area contributed by atoms with Gasteiger partial charge in [0.25, 0.3) is 0 Å². The highest BCUT2D eigenvalue weighted by atomic mass is 35.5. The number of carbonyl (C=O) groups is 1. The van der Waals surface area contributed by atoms with Crippen LogP contribution in [0.4, 0.5) is 0 Å². The first-order chi connectivity index (χ1) is 10.6. The van der Waals surface area contributed by atoms with Gasteiger partial charge in [-0.2, -0.15) is 0 Å². The fourth-order valence-electron chi connectivity index (χ4n) is 3.09. The van der Waals surface area contributed by atoms with Crippen LogP contribution in [-0.2, 0) is 11.3 Å². The van der Waals surface area contributed by atoms with Crippen molar-refractivity contribution in [3.63, 3.8) is 0 Å². The van der Waals surface area contributed by atoms with Gasteiger partial charge in [0, 0.05) is 32.1 Å². The Kier molecular flexibility index (Phi) is 8.59. The number of hydrogen-bond acceptors (Lipinski definition) is 3. The topological polar surface area (TPSA) is 58.4 Å². The first-order valence-electron chi connectivity index (χ1n) is 8.37. The number of benzene rings is 1. The summed E-state index contributed by atoms with van der Waals surface area (Å²) in [6, 6.07) is 7.15. The molecule has 4 nitrogen and oxygen atoms in total. The molecule has 1 unspecified atom stereocenters. The van der Waals surface area contributed by atoms with Gasteiger partial charge in [-0.1, -0.05) is 24.6 Å². The van der Waals surface area contributed by atoms with E-state index in [0.29, 0.717) is 19.0 Å². The number of hydrogen-bond donors (Lipinski definition) is 2. The molecule has 1 heterocycles. The van der Waals surface area contributed by atoms with Gasteiger partial charge in [-0.3, -0.25) is 9.69 Å². The maximum atomic E-state index is 11.6. The van der Waals surface area contributed by atoms with Crippen LogP contribution < -0.4 is 11.1 Å².